The van der Waals surface area contributed by atoms with Gasteiger partial charge in [0.25, 0.3) is 0 Å². The molecule has 3 rings (SSSR count). The molecule has 4 nitrogen and oxygen atoms in total. The first-order chi connectivity index (χ1) is 9.99. The molecule has 2 N–H and O–H groups in total. The van der Waals surface area contributed by atoms with E-state index in [-0.39, 0.29) is 11.4 Å². The Morgan fingerprint density at radius 2 is 1.86 bits per heavy atom. The van der Waals surface area contributed by atoms with Crippen molar-refractivity contribution < 1.29 is 12.8 Å². The smallest absolute Gasteiger partial charge is 0.171 e. The molecule has 1 unspecified atom stereocenters. The minimum Gasteiger partial charge on any atom is -0.386 e. The van der Waals surface area contributed by atoms with Crippen molar-refractivity contribution in [2.75, 3.05) is 0 Å². The first-order valence-electron chi connectivity index (χ1n) is 7.05. The van der Waals surface area contributed by atoms with Crippen molar-refractivity contribution in [3.8, 4) is 0 Å². The topological polar surface area (TPSA) is 72.5 Å². The highest BCUT2D eigenvalue weighted by Crippen LogP contribution is 2.62. The Bertz CT molecular complexity index is 800. The van der Waals surface area contributed by atoms with E-state index in [1.807, 2.05) is 0 Å². The first-order valence-corrected chi connectivity index (χ1v) is 9.33. The van der Waals surface area contributed by atoms with Gasteiger partial charge in [-0.25, -0.2) is 12.8 Å². The molecular weight excluding hydrogens is 371 g/mol. The maximum absolute atomic E-state index is 14.4. The zero-order valence-electron chi connectivity index (χ0n) is 12.7. The molecule has 1 fully saturated rings. The van der Waals surface area contributed by atoms with E-state index in [1.165, 1.54) is 6.07 Å². The summed E-state index contributed by atoms with van der Waals surface area (Å²) in [6.07, 6.45) is 0.940. The van der Waals surface area contributed by atoms with Gasteiger partial charge in [0.1, 0.15) is 26.7 Å². The predicted molar refractivity (Wildman–Crippen MR) is 88.0 cm³/mol. The number of nitrogens with zero attached hydrogens (tertiary/aromatic N) is 1. The molecule has 1 spiro atoms. The third-order valence-corrected chi connectivity index (χ3v) is 9.07. The molecule has 1 aliphatic carbocycles. The van der Waals surface area contributed by atoms with E-state index in [0.29, 0.717) is 17.3 Å². The highest BCUT2D eigenvalue weighted by atomic mass is 79.9. The molecule has 1 aromatic rings. The molecule has 1 aromatic carbocycles. The molecular formula is C15H18BrFN2O2S. The Balaban J connectivity index is 2.36. The van der Waals surface area contributed by atoms with Gasteiger partial charge in [0, 0.05) is 10.0 Å². The predicted octanol–water partition coefficient (Wildman–Crippen LogP) is 2.90. The van der Waals surface area contributed by atoms with E-state index >= 15 is 0 Å². The van der Waals surface area contributed by atoms with Gasteiger partial charge in [-0.15, -0.1) is 0 Å². The molecule has 0 radical (unpaired) electrons. The molecule has 1 heterocycles. The Hall–Kier alpha value is -0.950. The summed E-state index contributed by atoms with van der Waals surface area (Å²) < 4.78 is 39.0. The zero-order valence-corrected chi connectivity index (χ0v) is 15.1. The summed E-state index contributed by atoms with van der Waals surface area (Å²) in [4.78, 5) is 4.50. The summed E-state index contributed by atoms with van der Waals surface area (Å²) >= 11 is 3.32. The Kier molecular flexibility index (Phi) is 3.13. The maximum Gasteiger partial charge on any atom is 0.171 e. The van der Waals surface area contributed by atoms with Crippen molar-refractivity contribution >= 4 is 31.6 Å². The van der Waals surface area contributed by atoms with Crippen LogP contribution in [-0.4, -0.2) is 23.7 Å². The molecule has 0 amide bonds. The molecule has 2 aliphatic rings. The van der Waals surface area contributed by atoms with Crippen molar-refractivity contribution in [1.29, 1.82) is 0 Å². The summed E-state index contributed by atoms with van der Waals surface area (Å²) in [6, 6.07) is 4.49. The standard InChI is InChI=1S/C15H18BrFN2O2S/c1-13(2)12(18)19-14(3,15(6-7-15)22(13,20)21)10-8-9(16)4-5-11(10)17/h4-5,8H,6-7H2,1-3H3,(H2,18,19). The van der Waals surface area contributed by atoms with Crippen LogP contribution in [0.5, 0.6) is 0 Å². The van der Waals surface area contributed by atoms with E-state index in [4.69, 9.17) is 5.73 Å². The lowest BCUT2D eigenvalue weighted by Crippen LogP contribution is -2.61. The highest BCUT2D eigenvalue weighted by Gasteiger charge is 2.73. The quantitative estimate of drug-likeness (QED) is 0.803. The number of hydrogen-bond donors (Lipinski definition) is 1. The molecule has 0 bridgehead atoms. The largest absolute Gasteiger partial charge is 0.386 e. The number of amidine groups is 1. The average molecular weight is 389 g/mol. The minimum atomic E-state index is -3.60. The van der Waals surface area contributed by atoms with Crippen molar-refractivity contribution in [2.45, 2.75) is 48.6 Å². The fraction of sp³-hybridized carbons (Fsp3) is 0.533. The number of sulfone groups is 1. The lowest BCUT2D eigenvalue weighted by molar-refractivity contribution is 0.395. The lowest BCUT2D eigenvalue weighted by atomic mass is 9.85. The number of hydrogen-bond acceptors (Lipinski definition) is 4. The van der Waals surface area contributed by atoms with E-state index in [2.05, 4.69) is 20.9 Å². The van der Waals surface area contributed by atoms with Crippen LogP contribution in [0.25, 0.3) is 0 Å². The third-order valence-electron chi connectivity index (χ3n) is 5.19. The van der Waals surface area contributed by atoms with Crippen LogP contribution in [0.2, 0.25) is 0 Å². The number of aliphatic imine (C=N–C) groups is 1. The minimum absolute atomic E-state index is 0.0342. The average Bonchev–Trinajstić information content (AvgIpc) is 3.21. The highest BCUT2D eigenvalue weighted by molar-refractivity contribution is 9.10. The van der Waals surface area contributed by atoms with Gasteiger partial charge in [0.2, 0.25) is 0 Å². The monoisotopic (exact) mass is 388 g/mol. The Labute approximate surface area is 138 Å². The van der Waals surface area contributed by atoms with Crippen LogP contribution < -0.4 is 5.73 Å². The van der Waals surface area contributed by atoms with Crippen molar-refractivity contribution in [3.63, 3.8) is 0 Å². The van der Waals surface area contributed by atoms with Gasteiger partial charge in [-0.3, -0.25) is 4.99 Å². The molecule has 22 heavy (non-hydrogen) atoms. The first kappa shape index (κ1) is 15.9. The summed E-state index contributed by atoms with van der Waals surface area (Å²) in [6.45, 7) is 4.81. The fourth-order valence-electron chi connectivity index (χ4n) is 3.41. The van der Waals surface area contributed by atoms with E-state index in [1.54, 1.807) is 32.9 Å². The van der Waals surface area contributed by atoms with E-state index in [0.717, 1.165) is 0 Å². The van der Waals surface area contributed by atoms with Crippen LogP contribution >= 0.6 is 15.9 Å². The number of nitrogens with two attached hydrogens (primary N) is 1. The summed E-state index contributed by atoms with van der Waals surface area (Å²) in [5.74, 6) is -0.435. The van der Waals surface area contributed by atoms with Crippen LogP contribution in [0.15, 0.2) is 27.7 Å². The van der Waals surface area contributed by atoms with Gasteiger partial charge in [-0.1, -0.05) is 15.9 Å². The summed E-state index contributed by atoms with van der Waals surface area (Å²) in [7, 11) is -3.60. The zero-order chi connectivity index (χ0) is 16.6. The summed E-state index contributed by atoms with van der Waals surface area (Å²) in [5, 5.41) is 0. The molecule has 0 aromatic heterocycles. The number of benzene rings is 1. The van der Waals surface area contributed by atoms with Gasteiger partial charge in [0.05, 0.1) is 0 Å². The van der Waals surface area contributed by atoms with Crippen molar-refractivity contribution in [3.05, 3.63) is 34.1 Å². The van der Waals surface area contributed by atoms with Gasteiger partial charge in [-0.2, -0.15) is 0 Å². The van der Waals surface area contributed by atoms with Crippen LogP contribution in [0.4, 0.5) is 4.39 Å². The van der Waals surface area contributed by atoms with Gasteiger partial charge >= 0.3 is 0 Å². The van der Waals surface area contributed by atoms with Gasteiger partial charge < -0.3 is 5.73 Å². The van der Waals surface area contributed by atoms with E-state index in [9.17, 15) is 12.8 Å². The maximum atomic E-state index is 14.4. The third kappa shape index (κ3) is 1.67. The second-order valence-corrected chi connectivity index (χ2v) is 10.4. The Morgan fingerprint density at radius 1 is 1.27 bits per heavy atom. The molecule has 1 atom stereocenters. The SMILES string of the molecule is CC1(c2cc(Br)ccc2F)N=C(N)C(C)(C)S(=O)(=O)C12CC2. The number of rotatable bonds is 1. The molecule has 7 heteroatoms. The van der Waals surface area contributed by atoms with Crippen LogP contribution in [-0.2, 0) is 15.4 Å². The van der Waals surface area contributed by atoms with Gasteiger partial charge in [0.15, 0.2) is 9.84 Å². The lowest BCUT2D eigenvalue weighted by Gasteiger charge is -2.45. The molecule has 120 valence electrons. The second kappa shape index (κ2) is 4.32. The fourth-order valence-corrected chi connectivity index (χ4v) is 6.39. The number of halogens is 2. The van der Waals surface area contributed by atoms with Crippen molar-refractivity contribution in [1.82, 2.24) is 0 Å². The van der Waals surface area contributed by atoms with Gasteiger partial charge in [-0.05, 0) is 51.8 Å². The van der Waals surface area contributed by atoms with Crippen molar-refractivity contribution in [2.24, 2.45) is 10.7 Å². The van der Waals surface area contributed by atoms with Crippen LogP contribution in [0.3, 0.4) is 0 Å². The van der Waals surface area contributed by atoms with E-state index < -0.39 is 30.7 Å². The van der Waals surface area contributed by atoms with Crippen LogP contribution in [0, 0.1) is 5.82 Å². The molecule has 1 aliphatic heterocycles. The second-order valence-electron chi connectivity index (χ2n) is 6.70. The normalized spacial score (nSPS) is 30.9. The summed E-state index contributed by atoms with van der Waals surface area (Å²) in [5.41, 5.74) is 5.03. The molecule has 0 saturated heterocycles. The molecule has 1 saturated carbocycles. The van der Waals surface area contributed by atoms with Crippen LogP contribution in [0.1, 0.15) is 39.2 Å². The Morgan fingerprint density at radius 3 is 2.41 bits per heavy atom.